The van der Waals surface area contributed by atoms with Crippen molar-refractivity contribution < 1.29 is 13.2 Å². The third-order valence-corrected chi connectivity index (χ3v) is 6.85. The van der Waals surface area contributed by atoms with Gasteiger partial charge in [-0.25, -0.2) is 12.7 Å². The highest BCUT2D eigenvalue weighted by Crippen LogP contribution is 2.27. The summed E-state index contributed by atoms with van der Waals surface area (Å²) >= 11 is 0. The SMILES string of the molecule is CCN(CCCNC(=NC)NC1CCN(C(=O)C2CCCC2)C1)S(C)(=O)=O. The van der Waals surface area contributed by atoms with E-state index < -0.39 is 10.0 Å². The summed E-state index contributed by atoms with van der Waals surface area (Å²) in [6.07, 6.45) is 7.31. The van der Waals surface area contributed by atoms with Gasteiger partial charge in [0.1, 0.15) is 0 Å². The molecule has 1 unspecified atom stereocenters. The number of hydrogen-bond acceptors (Lipinski definition) is 4. The van der Waals surface area contributed by atoms with Crippen LogP contribution in [0, 0.1) is 5.92 Å². The predicted molar refractivity (Wildman–Crippen MR) is 108 cm³/mol. The van der Waals surface area contributed by atoms with Gasteiger partial charge in [-0.3, -0.25) is 9.79 Å². The van der Waals surface area contributed by atoms with Crippen LogP contribution >= 0.6 is 0 Å². The topological polar surface area (TPSA) is 94.1 Å². The predicted octanol–water partition coefficient (Wildman–Crippen LogP) is 0.614. The Morgan fingerprint density at radius 2 is 1.96 bits per heavy atom. The number of sulfonamides is 1. The standard InChI is InChI=1S/C18H35N5O3S/c1-4-23(27(3,25)26)12-7-11-20-18(19-2)21-16-10-13-22(14-16)17(24)15-8-5-6-9-15/h15-16H,4-14H2,1-3H3,(H2,19,20,21). The second-order valence-electron chi connectivity index (χ2n) is 7.50. The smallest absolute Gasteiger partial charge is 0.225 e. The Hall–Kier alpha value is -1.35. The molecule has 2 rings (SSSR count). The van der Waals surface area contributed by atoms with Crippen LogP contribution in [-0.2, 0) is 14.8 Å². The number of rotatable bonds is 8. The molecule has 27 heavy (non-hydrogen) atoms. The van der Waals surface area contributed by atoms with E-state index in [0.29, 0.717) is 37.9 Å². The number of nitrogens with one attached hydrogen (secondary N) is 2. The molecular formula is C18H35N5O3S. The molecule has 156 valence electrons. The Bertz CT molecular complexity index is 616. The molecule has 2 N–H and O–H groups in total. The van der Waals surface area contributed by atoms with Gasteiger partial charge in [0.2, 0.25) is 15.9 Å². The lowest BCUT2D eigenvalue weighted by atomic mass is 10.1. The summed E-state index contributed by atoms with van der Waals surface area (Å²) in [5, 5.41) is 6.63. The molecule has 1 saturated carbocycles. The van der Waals surface area contributed by atoms with Crippen molar-refractivity contribution >= 4 is 21.9 Å². The van der Waals surface area contributed by atoms with Crippen LogP contribution in [0.4, 0.5) is 0 Å². The lowest BCUT2D eigenvalue weighted by Crippen LogP contribution is -2.46. The van der Waals surface area contributed by atoms with Crippen molar-refractivity contribution in [3.63, 3.8) is 0 Å². The minimum atomic E-state index is -3.14. The second-order valence-corrected chi connectivity index (χ2v) is 9.49. The monoisotopic (exact) mass is 401 g/mol. The Kier molecular flexibility index (Phi) is 8.34. The molecule has 1 aliphatic carbocycles. The Balaban J connectivity index is 1.70. The lowest BCUT2D eigenvalue weighted by Gasteiger charge is -2.22. The third-order valence-electron chi connectivity index (χ3n) is 5.47. The number of carbonyl (C=O) groups excluding carboxylic acids is 1. The Labute approximate surface area is 163 Å². The minimum Gasteiger partial charge on any atom is -0.356 e. The van der Waals surface area contributed by atoms with Gasteiger partial charge in [0.05, 0.1) is 6.26 Å². The van der Waals surface area contributed by atoms with Gasteiger partial charge < -0.3 is 15.5 Å². The van der Waals surface area contributed by atoms with Gasteiger partial charge in [-0.05, 0) is 25.7 Å². The normalized spacial score (nSPS) is 21.9. The number of amides is 1. The van der Waals surface area contributed by atoms with E-state index in [1.165, 1.54) is 23.4 Å². The quantitative estimate of drug-likeness (QED) is 0.353. The molecular weight excluding hydrogens is 366 g/mol. The lowest BCUT2D eigenvalue weighted by molar-refractivity contribution is -0.134. The van der Waals surface area contributed by atoms with Crippen LogP contribution in [0.1, 0.15) is 45.4 Å². The van der Waals surface area contributed by atoms with E-state index in [9.17, 15) is 13.2 Å². The van der Waals surface area contributed by atoms with Gasteiger partial charge in [0.15, 0.2) is 5.96 Å². The molecule has 2 aliphatic rings. The van der Waals surface area contributed by atoms with Crippen molar-refractivity contribution in [2.45, 2.75) is 51.5 Å². The summed E-state index contributed by atoms with van der Waals surface area (Å²) in [7, 11) is -1.42. The van der Waals surface area contributed by atoms with Crippen molar-refractivity contribution in [2.75, 3.05) is 46.0 Å². The van der Waals surface area contributed by atoms with E-state index in [4.69, 9.17) is 0 Å². The van der Waals surface area contributed by atoms with Crippen molar-refractivity contribution in [3.8, 4) is 0 Å². The van der Waals surface area contributed by atoms with Crippen LogP contribution in [0.5, 0.6) is 0 Å². The highest BCUT2D eigenvalue weighted by Gasteiger charge is 2.32. The number of likely N-dealkylation sites (tertiary alicyclic amines) is 1. The molecule has 8 nitrogen and oxygen atoms in total. The first-order valence-electron chi connectivity index (χ1n) is 10.1. The van der Waals surface area contributed by atoms with Gasteiger partial charge in [-0.15, -0.1) is 0 Å². The van der Waals surface area contributed by atoms with Crippen molar-refractivity contribution in [2.24, 2.45) is 10.9 Å². The Morgan fingerprint density at radius 1 is 1.26 bits per heavy atom. The van der Waals surface area contributed by atoms with Crippen LogP contribution in [0.15, 0.2) is 4.99 Å². The number of carbonyl (C=O) groups is 1. The zero-order valence-corrected chi connectivity index (χ0v) is 17.7. The molecule has 0 spiro atoms. The minimum absolute atomic E-state index is 0.213. The molecule has 0 aromatic rings. The van der Waals surface area contributed by atoms with Crippen LogP contribution in [-0.4, -0.2) is 81.6 Å². The van der Waals surface area contributed by atoms with Gasteiger partial charge in [0, 0.05) is 51.7 Å². The summed E-state index contributed by atoms with van der Waals surface area (Å²) in [6, 6.07) is 0.213. The average molecular weight is 402 g/mol. The van der Waals surface area contributed by atoms with Crippen LogP contribution in [0.2, 0.25) is 0 Å². The number of aliphatic imine (C=N–C) groups is 1. The zero-order valence-electron chi connectivity index (χ0n) is 16.9. The first-order chi connectivity index (χ1) is 12.8. The van der Waals surface area contributed by atoms with Crippen molar-refractivity contribution in [1.29, 1.82) is 0 Å². The third kappa shape index (κ3) is 6.64. The van der Waals surface area contributed by atoms with Gasteiger partial charge >= 0.3 is 0 Å². The number of nitrogens with zero attached hydrogens (tertiary/aromatic N) is 3. The fourth-order valence-electron chi connectivity index (χ4n) is 3.92. The summed E-state index contributed by atoms with van der Waals surface area (Å²) in [5.74, 6) is 1.26. The zero-order chi connectivity index (χ0) is 19.9. The number of hydrogen-bond donors (Lipinski definition) is 2. The van der Waals surface area contributed by atoms with Gasteiger partial charge in [0.25, 0.3) is 0 Å². The molecule has 1 amide bonds. The molecule has 0 radical (unpaired) electrons. The van der Waals surface area contributed by atoms with Crippen molar-refractivity contribution in [3.05, 3.63) is 0 Å². The van der Waals surface area contributed by atoms with E-state index in [-0.39, 0.29) is 12.0 Å². The van der Waals surface area contributed by atoms with Crippen LogP contribution < -0.4 is 10.6 Å². The van der Waals surface area contributed by atoms with Gasteiger partial charge in [-0.1, -0.05) is 19.8 Å². The van der Waals surface area contributed by atoms with E-state index in [1.807, 2.05) is 11.8 Å². The molecule has 0 aromatic heterocycles. The van der Waals surface area contributed by atoms with Gasteiger partial charge in [-0.2, -0.15) is 0 Å². The van der Waals surface area contributed by atoms with E-state index in [2.05, 4.69) is 15.6 Å². The summed E-state index contributed by atoms with van der Waals surface area (Å²) in [4.78, 5) is 18.8. The average Bonchev–Trinajstić information content (AvgIpc) is 3.31. The molecule has 1 heterocycles. The molecule has 2 fully saturated rings. The number of guanidine groups is 1. The second kappa shape index (κ2) is 10.3. The fourth-order valence-corrected chi connectivity index (χ4v) is 4.85. The molecule has 9 heteroatoms. The maximum Gasteiger partial charge on any atom is 0.225 e. The molecule has 1 atom stereocenters. The molecule has 1 saturated heterocycles. The fraction of sp³-hybridized carbons (Fsp3) is 0.889. The highest BCUT2D eigenvalue weighted by atomic mass is 32.2. The van der Waals surface area contributed by atoms with E-state index >= 15 is 0 Å². The summed E-state index contributed by atoms with van der Waals surface area (Å²) < 4.78 is 24.7. The highest BCUT2D eigenvalue weighted by molar-refractivity contribution is 7.88. The molecule has 0 aromatic carbocycles. The first kappa shape index (κ1) is 21.9. The maximum atomic E-state index is 12.5. The van der Waals surface area contributed by atoms with E-state index in [0.717, 1.165) is 32.4 Å². The van der Waals surface area contributed by atoms with E-state index in [1.54, 1.807) is 7.05 Å². The summed E-state index contributed by atoms with van der Waals surface area (Å²) in [5.41, 5.74) is 0. The molecule has 1 aliphatic heterocycles. The largest absolute Gasteiger partial charge is 0.356 e. The van der Waals surface area contributed by atoms with Crippen LogP contribution in [0.3, 0.4) is 0 Å². The van der Waals surface area contributed by atoms with Crippen molar-refractivity contribution in [1.82, 2.24) is 19.8 Å². The Morgan fingerprint density at radius 3 is 2.56 bits per heavy atom. The first-order valence-corrected chi connectivity index (χ1v) is 11.9. The maximum absolute atomic E-state index is 12.5. The summed E-state index contributed by atoms with van der Waals surface area (Å²) in [6.45, 7) is 5.00. The van der Waals surface area contributed by atoms with Crippen LogP contribution in [0.25, 0.3) is 0 Å². The molecule has 0 bridgehead atoms.